The van der Waals surface area contributed by atoms with Crippen LogP contribution in [0.25, 0.3) is 0 Å². The number of ether oxygens (including phenoxy) is 1. The topological polar surface area (TPSA) is 119 Å². The van der Waals surface area contributed by atoms with E-state index in [1.54, 1.807) is 12.1 Å². The third-order valence-corrected chi connectivity index (χ3v) is 3.90. The first-order valence-electron chi connectivity index (χ1n) is 7.18. The van der Waals surface area contributed by atoms with Gasteiger partial charge in [0.15, 0.2) is 0 Å². The third-order valence-electron chi connectivity index (χ3n) is 3.90. The van der Waals surface area contributed by atoms with Crippen LogP contribution < -0.4 is 15.8 Å². The SMILES string of the molecule is NCC(=O)Oc1ccc2c(c1)C(=O)N(C1CCC(=O)NC1=O)C2. The van der Waals surface area contributed by atoms with Gasteiger partial charge in [-0.15, -0.1) is 0 Å². The molecule has 3 amide bonds. The van der Waals surface area contributed by atoms with E-state index in [1.165, 1.54) is 11.0 Å². The van der Waals surface area contributed by atoms with Crippen molar-refractivity contribution in [3.8, 4) is 5.75 Å². The zero-order chi connectivity index (χ0) is 16.6. The summed E-state index contributed by atoms with van der Waals surface area (Å²) in [6, 6.07) is 4.06. The Bertz CT molecular complexity index is 715. The summed E-state index contributed by atoms with van der Waals surface area (Å²) in [4.78, 5) is 48.3. The highest BCUT2D eigenvalue weighted by atomic mass is 16.5. The van der Waals surface area contributed by atoms with Gasteiger partial charge < -0.3 is 15.4 Å². The number of carbonyl (C=O) groups excluding carboxylic acids is 4. The standard InChI is InChI=1S/C15H15N3O5/c16-6-13(20)23-9-2-1-8-7-18(15(22)10(8)5-9)11-3-4-12(19)17-14(11)21/h1-2,5,11H,3-4,6-7,16H2,(H,17,19,21). The molecular weight excluding hydrogens is 302 g/mol. The molecule has 23 heavy (non-hydrogen) atoms. The Morgan fingerprint density at radius 1 is 1.35 bits per heavy atom. The number of nitrogens with two attached hydrogens (primary N) is 1. The summed E-state index contributed by atoms with van der Waals surface area (Å²) in [6.07, 6.45) is 0.509. The third kappa shape index (κ3) is 2.80. The summed E-state index contributed by atoms with van der Waals surface area (Å²) in [5.41, 5.74) is 6.31. The zero-order valence-corrected chi connectivity index (χ0v) is 12.2. The molecule has 1 aromatic carbocycles. The lowest BCUT2D eigenvalue weighted by molar-refractivity contribution is -0.137. The molecule has 2 heterocycles. The van der Waals surface area contributed by atoms with Crippen molar-refractivity contribution >= 4 is 23.7 Å². The van der Waals surface area contributed by atoms with Crippen LogP contribution in [0, 0.1) is 0 Å². The first-order chi connectivity index (χ1) is 11.0. The normalized spacial score (nSPS) is 20.3. The van der Waals surface area contributed by atoms with Crippen LogP contribution >= 0.6 is 0 Å². The lowest BCUT2D eigenvalue weighted by atomic mass is 10.0. The highest BCUT2D eigenvalue weighted by Crippen LogP contribution is 2.30. The second-order valence-corrected chi connectivity index (χ2v) is 5.40. The van der Waals surface area contributed by atoms with E-state index >= 15 is 0 Å². The van der Waals surface area contributed by atoms with Gasteiger partial charge in [-0.25, -0.2) is 0 Å². The van der Waals surface area contributed by atoms with Crippen molar-refractivity contribution < 1.29 is 23.9 Å². The number of benzene rings is 1. The number of amides is 3. The molecule has 8 nitrogen and oxygen atoms in total. The summed E-state index contributed by atoms with van der Waals surface area (Å²) < 4.78 is 4.99. The number of carbonyl (C=O) groups is 4. The number of hydrogen-bond donors (Lipinski definition) is 2. The molecule has 1 fully saturated rings. The fourth-order valence-electron chi connectivity index (χ4n) is 2.77. The van der Waals surface area contributed by atoms with E-state index in [2.05, 4.69) is 5.32 Å². The van der Waals surface area contributed by atoms with Crippen molar-refractivity contribution in [2.45, 2.75) is 25.4 Å². The van der Waals surface area contributed by atoms with Crippen molar-refractivity contribution in [3.63, 3.8) is 0 Å². The smallest absolute Gasteiger partial charge is 0.325 e. The molecule has 0 spiro atoms. The second kappa shape index (κ2) is 5.81. The molecule has 0 aliphatic carbocycles. The number of imide groups is 1. The van der Waals surface area contributed by atoms with Gasteiger partial charge in [-0.3, -0.25) is 24.5 Å². The van der Waals surface area contributed by atoms with Crippen LogP contribution in [0.15, 0.2) is 18.2 Å². The first kappa shape index (κ1) is 15.2. The molecule has 8 heteroatoms. The minimum absolute atomic E-state index is 0.204. The Kier molecular flexibility index (Phi) is 3.83. The summed E-state index contributed by atoms with van der Waals surface area (Å²) in [7, 11) is 0. The molecule has 3 N–H and O–H groups in total. The molecular formula is C15H15N3O5. The van der Waals surface area contributed by atoms with Gasteiger partial charge in [0.2, 0.25) is 11.8 Å². The maximum Gasteiger partial charge on any atom is 0.325 e. The average molecular weight is 317 g/mol. The highest BCUT2D eigenvalue weighted by molar-refractivity contribution is 6.05. The van der Waals surface area contributed by atoms with Gasteiger partial charge >= 0.3 is 5.97 Å². The van der Waals surface area contributed by atoms with E-state index < -0.39 is 17.9 Å². The van der Waals surface area contributed by atoms with E-state index in [4.69, 9.17) is 10.5 Å². The molecule has 1 atom stereocenters. The molecule has 1 saturated heterocycles. The van der Waals surface area contributed by atoms with E-state index in [0.717, 1.165) is 5.56 Å². The Balaban J connectivity index is 1.80. The maximum atomic E-state index is 12.5. The van der Waals surface area contributed by atoms with Gasteiger partial charge in [0.25, 0.3) is 5.91 Å². The predicted molar refractivity (Wildman–Crippen MR) is 77.2 cm³/mol. The minimum Gasteiger partial charge on any atom is -0.426 e. The monoisotopic (exact) mass is 317 g/mol. The lowest BCUT2D eigenvalue weighted by Gasteiger charge is -2.29. The molecule has 2 aliphatic heterocycles. The largest absolute Gasteiger partial charge is 0.426 e. The van der Waals surface area contributed by atoms with Crippen LogP contribution in [0.1, 0.15) is 28.8 Å². The number of nitrogens with one attached hydrogen (secondary N) is 1. The van der Waals surface area contributed by atoms with Crippen molar-refractivity contribution in [2.75, 3.05) is 6.54 Å². The van der Waals surface area contributed by atoms with Gasteiger partial charge in [-0.1, -0.05) is 6.07 Å². The molecule has 1 aromatic rings. The number of piperidine rings is 1. The van der Waals surface area contributed by atoms with Gasteiger partial charge in [-0.2, -0.15) is 0 Å². The first-order valence-corrected chi connectivity index (χ1v) is 7.18. The maximum absolute atomic E-state index is 12.5. The molecule has 0 saturated carbocycles. The van der Waals surface area contributed by atoms with Crippen LogP contribution in [0.2, 0.25) is 0 Å². The van der Waals surface area contributed by atoms with Crippen LogP contribution in [0.4, 0.5) is 0 Å². The van der Waals surface area contributed by atoms with E-state index in [0.29, 0.717) is 12.0 Å². The molecule has 0 aromatic heterocycles. The molecule has 3 rings (SSSR count). The minimum atomic E-state index is -0.664. The Hall–Kier alpha value is -2.74. The zero-order valence-electron chi connectivity index (χ0n) is 12.2. The lowest BCUT2D eigenvalue weighted by Crippen LogP contribution is -2.52. The number of fused-ring (bicyclic) bond motifs is 1. The average Bonchev–Trinajstić information content (AvgIpc) is 2.84. The number of nitrogens with zero attached hydrogens (tertiary/aromatic N) is 1. The van der Waals surface area contributed by atoms with Gasteiger partial charge in [0.05, 0.1) is 6.54 Å². The number of hydrogen-bond acceptors (Lipinski definition) is 6. The molecule has 0 radical (unpaired) electrons. The molecule has 120 valence electrons. The highest BCUT2D eigenvalue weighted by Gasteiger charge is 2.39. The van der Waals surface area contributed by atoms with Crippen molar-refractivity contribution in [3.05, 3.63) is 29.3 Å². The van der Waals surface area contributed by atoms with Crippen molar-refractivity contribution in [1.29, 1.82) is 0 Å². The van der Waals surface area contributed by atoms with Gasteiger partial charge in [-0.05, 0) is 24.1 Å². The van der Waals surface area contributed by atoms with Crippen LogP contribution in [0.3, 0.4) is 0 Å². The summed E-state index contributed by atoms with van der Waals surface area (Å²) in [5, 5.41) is 2.24. The summed E-state index contributed by atoms with van der Waals surface area (Å²) in [6.45, 7) is 0.0268. The van der Waals surface area contributed by atoms with Crippen molar-refractivity contribution in [2.24, 2.45) is 5.73 Å². The van der Waals surface area contributed by atoms with Crippen LogP contribution in [-0.2, 0) is 20.9 Å². The Morgan fingerprint density at radius 2 is 2.13 bits per heavy atom. The fourth-order valence-corrected chi connectivity index (χ4v) is 2.77. The Morgan fingerprint density at radius 3 is 2.83 bits per heavy atom. The predicted octanol–water partition coefficient (Wildman–Crippen LogP) is -0.688. The fraction of sp³-hybridized carbons (Fsp3) is 0.333. The van der Waals surface area contributed by atoms with Crippen LogP contribution in [0.5, 0.6) is 5.75 Å². The quantitative estimate of drug-likeness (QED) is 0.433. The van der Waals surface area contributed by atoms with E-state index in [1.807, 2.05) is 0 Å². The van der Waals surface area contributed by atoms with Gasteiger partial charge in [0.1, 0.15) is 11.8 Å². The van der Waals surface area contributed by atoms with Gasteiger partial charge in [0, 0.05) is 18.5 Å². The molecule has 2 aliphatic rings. The molecule has 1 unspecified atom stereocenters. The number of esters is 1. The second-order valence-electron chi connectivity index (χ2n) is 5.40. The number of rotatable bonds is 3. The summed E-state index contributed by atoms with van der Waals surface area (Å²) in [5.74, 6) is -1.47. The summed E-state index contributed by atoms with van der Waals surface area (Å²) >= 11 is 0. The van der Waals surface area contributed by atoms with E-state index in [9.17, 15) is 19.2 Å². The Labute approximate surface area is 131 Å². The molecule has 0 bridgehead atoms. The van der Waals surface area contributed by atoms with E-state index in [-0.39, 0.29) is 37.1 Å². The van der Waals surface area contributed by atoms with Crippen LogP contribution in [-0.4, -0.2) is 41.2 Å². The van der Waals surface area contributed by atoms with Crippen molar-refractivity contribution in [1.82, 2.24) is 10.2 Å².